The lowest BCUT2D eigenvalue weighted by Crippen LogP contribution is -2.46. The van der Waals surface area contributed by atoms with Crippen LogP contribution in [0.2, 0.25) is 0 Å². The summed E-state index contributed by atoms with van der Waals surface area (Å²) in [6, 6.07) is 0. The van der Waals surface area contributed by atoms with Crippen molar-refractivity contribution in [1.29, 1.82) is 0 Å². The van der Waals surface area contributed by atoms with Crippen LogP contribution in [0, 0.1) is 6.92 Å². The molecule has 0 fully saturated rings. The standard InChI is InChI=1S/C16H24N6O2/c1-12-17-6-13(7-18-12)14-8-22(21-20-14)9-16(4,5)24-10-15(2,3)19-11-23/h6-8,11H,9-10H2,1-5H3,(H,19,23). The molecule has 0 saturated heterocycles. The van der Waals surface area contributed by atoms with Gasteiger partial charge in [0.25, 0.3) is 0 Å². The Kier molecular flexibility index (Phi) is 5.28. The summed E-state index contributed by atoms with van der Waals surface area (Å²) < 4.78 is 7.68. The van der Waals surface area contributed by atoms with Crippen LogP contribution in [-0.2, 0) is 16.1 Å². The Hall–Kier alpha value is -2.35. The molecule has 0 aliphatic heterocycles. The average molecular weight is 332 g/mol. The Morgan fingerprint density at radius 2 is 1.92 bits per heavy atom. The zero-order chi connectivity index (χ0) is 17.8. The molecule has 8 nitrogen and oxygen atoms in total. The molecule has 0 atom stereocenters. The van der Waals surface area contributed by atoms with Crippen molar-refractivity contribution in [2.24, 2.45) is 0 Å². The summed E-state index contributed by atoms with van der Waals surface area (Å²) in [5.41, 5.74) is 0.651. The first-order chi connectivity index (χ1) is 11.2. The van der Waals surface area contributed by atoms with Crippen molar-refractivity contribution in [3.05, 3.63) is 24.4 Å². The van der Waals surface area contributed by atoms with Crippen molar-refractivity contribution in [2.75, 3.05) is 6.61 Å². The summed E-state index contributed by atoms with van der Waals surface area (Å²) in [4.78, 5) is 18.9. The lowest BCUT2D eigenvalue weighted by Gasteiger charge is -2.31. The van der Waals surface area contributed by atoms with Gasteiger partial charge in [-0.05, 0) is 34.6 Å². The fourth-order valence-electron chi connectivity index (χ4n) is 2.05. The lowest BCUT2D eigenvalue weighted by atomic mass is 10.1. The van der Waals surface area contributed by atoms with Gasteiger partial charge < -0.3 is 10.1 Å². The first-order valence-electron chi connectivity index (χ1n) is 7.75. The van der Waals surface area contributed by atoms with Crippen LogP contribution in [0.25, 0.3) is 11.3 Å². The fourth-order valence-corrected chi connectivity index (χ4v) is 2.05. The van der Waals surface area contributed by atoms with E-state index in [9.17, 15) is 4.79 Å². The van der Waals surface area contributed by atoms with Crippen LogP contribution >= 0.6 is 0 Å². The third-order valence-electron chi connectivity index (χ3n) is 3.43. The van der Waals surface area contributed by atoms with E-state index < -0.39 is 11.1 Å². The highest BCUT2D eigenvalue weighted by Gasteiger charge is 2.25. The summed E-state index contributed by atoms with van der Waals surface area (Å²) in [6.07, 6.45) is 5.98. The molecule has 1 amide bonds. The Morgan fingerprint density at radius 3 is 2.54 bits per heavy atom. The number of aryl methyl sites for hydroxylation is 1. The van der Waals surface area contributed by atoms with Crippen LogP contribution < -0.4 is 5.32 Å². The molecular weight excluding hydrogens is 308 g/mol. The first-order valence-corrected chi connectivity index (χ1v) is 7.75. The Morgan fingerprint density at radius 1 is 1.25 bits per heavy atom. The second-order valence-electron chi connectivity index (χ2n) is 7.01. The molecule has 130 valence electrons. The molecule has 2 heterocycles. The van der Waals surface area contributed by atoms with Gasteiger partial charge in [-0.1, -0.05) is 5.21 Å². The van der Waals surface area contributed by atoms with Crippen molar-refractivity contribution in [3.8, 4) is 11.3 Å². The van der Waals surface area contributed by atoms with Gasteiger partial charge in [-0.3, -0.25) is 4.79 Å². The summed E-state index contributed by atoms with van der Waals surface area (Å²) in [6.45, 7) is 10.5. The van der Waals surface area contributed by atoms with Gasteiger partial charge in [0.15, 0.2) is 0 Å². The van der Waals surface area contributed by atoms with Gasteiger partial charge in [-0.15, -0.1) is 5.10 Å². The average Bonchev–Trinajstić information content (AvgIpc) is 2.94. The molecule has 2 aromatic rings. The SMILES string of the molecule is Cc1ncc(-c2cn(CC(C)(C)OCC(C)(C)NC=O)nn2)cn1. The first kappa shape index (κ1) is 18.0. The van der Waals surface area contributed by atoms with E-state index >= 15 is 0 Å². The van der Waals surface area contributed by atoms with Crippen LogP contribution in [0.1, 0.15) is 33.5 Å². The Balaban J connectivity index is 2.00. The maximum Gasteiger partial charge on any atom is 0.207 e. The van der Waals surface area contributed by atoms with E-state index in [-0.39, 0.29) is 0 Å². The molecule has 0 aliphatic carbocycles. The van der Waals surface area contributed by atoms with E-state index in [4.69, 9.17) is 4.74 Å². The fraction of sp³-hybridized carbons (Fsp3) is 0.562. The van der Waals surface area contributed by atoms with E-state index in [0.29, 0.717) is 31.1 Å². The maximum atomic E-state index is 10.6. The summed E-state index contributed by atoms with van der Waals surface area (Å²) >= 11 is 0. The summed E-state index contributed by atoms with van der Waals surface area (Å²) in [5.74, 6) is 0.715. The van der Waals surface area contributed by atoms with Crippen LogP contribution in [0.3, 0.4) is 0 Å². The number of amides is 1. The van der Waals surface area contributed by atoms with E-state index in [2.05, 4.69) is 25.6 Å². The van der Waals surface area contributed by atoms with Gasteiger partial charge in [0.2, 0.25) is 6.41 Å². The number of rotatable bonds is 8. The van der Waals surface area contributed by atoms with E-state index in [1.165, 1.54) is 0 Å². The zero-order valence-electron chi connectivity index (χ0n) is 14.8. The van der Waals surface area contributed by atoms with Crippen LogP contribution in [0.5, 0.6) is 0 Å². The molecule has 2 aromatic heterocycles. The number of carbonyl (C=O) groups is 1. The van der Waals surface area contributed by atoms with Gasteiger partial charge >= 0.3 is 0 Å². The highest BCUT2D eigenvalue weighted by Crippen LogP contribution is 2.18. The van der Waals surface area contributed by atoms with E-state index in [1.54, 1.807) is 17.1 Å². The third kappa shape index (κ3) is 5.09. The monoisotopic (exact) mass is 332 g/mol. The number of hydrogen-bond acceptors (Lipinski definition) is 6. The topological polar surface area (TPSA) is 94.8 Å². The minimum absolute atomic E-state index is 0.395. The molecule has 0 aliphatic rings. The smallest absolute Gasteiger partial charge is 0.207 e. The number of carbonyl (C=O) groups excluding carboxylic acids is 1. The molecule has 8 heteroatoms. The van der Waals surface area contributed by atoms with Crippen molar-refractivity contribution < 1.29 is 9.53 Å². The number of nitrogens with zero attached hydrogens (tertiary/aromatic N) is 5. The molecule has 0 unspecified atom stereocenters. The number of hydrogen-bond donors (Lipinski definition) is 1. The quantitative estimate of drug-likeness (QED) is 0.734. The van der Waals surface area contributed by atoms with Gasteiger partial charge in [0.05, 0.1) is 30.5 Å². The lowest BCUT2D eigenvalue weighted by molar-refractivity contribution is -0.113. The number of nitrogens with one attached hydrogen (secondary N) is 1. The second kappa shape index (κ2) is 7.04. The predicted octanol–water partition coefficient (Wildman–Crippen LogP) is 1.36. The molecule has 0 saturated carbocycles. The minimum Gasteiger partial charge on any atom is -0.371 e. The molecule has 0 aromatic carbocycles. The highest BCUT2D eigenvalue weighted by atomic mass is 16.5. The molecule has 2 rings (SSSR count). The minimum atomic E-state index is -0.462. The number of aromatic nitrogens is 5. The molecule has 24 heavy (non-hydrogen) atoms. The van der Waals surface area contributed by atoms with Crippen molar-refractivity contribution >= 4 is 6.41 Å². The van der Waals surface area contributed by atoms with Crippen molar-refractivity contribution in [3.63, 3.8) is 0 Å². The highest BCUT2D eigenvalue weighted by molar-refractivity contribution is 5.54. The predicted molar refractivity (Wildman–Crippen MR) is 89.1 cm³/mol. The Bertz CT molecular complexity index is 678. The van der Waals surface area contributed by atoms with E-state index in [1.807, 2.05) is 40.8 Å². The van der Waals surface area contributed by atoms with Crippen LogP contribution in [-0.4, -0.2) is 49.1 Å². The van der Waals surface area contributed by atoms with Gasteiger partial charge in [0.1, 0.15) is 11.5 Å². The molecule has 0 radical (unpaired) electrons. The van der Waals surface area contributed by atoms with Crippen LogP contribution in [0.4, 0.5) is 0 Å². The van der Waals surface area contributed by atoms with Gasteiger partial charge in [0, 0.05) is 18.0 Å². The van der Waals surface area contributed by atoms with Crippen molar-refractivity contribution in [1.82, 2.24) is 30.3 Å². The van der Waals surface area contributed by atoms with Crippen molar-refractivity contribution in [2.45, 2.75) is 52.3 Å². The van der Waals surface area contributed by atoms with Gasteiger partial charge in [-0.2, -0.15) is 0 Å². The summed E-state index contributed by atoms with van der Waals surface area (Å²) in [7, 11) is 0. The van der Waals surface area contributed by atoms with Crippen LogP contribution in [0.15, 0.2) is 18.6 Å². The van der Waals surface area contributed by atoms with Gasteiger partial charge in [-0.25, -0.2) is 14.6 Å². The Labute approximate surface area is 141 Å². The molecule has 0 bridgehead atoms. The normalized spacial score (nSPS) is 12.2. The zero-order valence-corrected chi connectivity index (χ0v) is 14.8. The summed E-state index contributed by atoms with van der Waals surface area (Å²) in [5, 5.41) is 11.0. The molecule has 0 spiro atoms. The number of ether oxygens (including phenoxy) is 1. The molecular formula is C16H24N6O2. The van der Waals surface area contributed by atoms with E-state index in [0.717, 1.165) is 5.56 Å². The molecule has 1 N–H and O–H groups in total. The third-order valence-corrected chi connectivity index (χ3v) is 3.43. The maximum absolute atomic E-state index is 10.6. The largest absolute Gasteiger partial charge is 0.371 e. The second-order valence-corrected chi connectivity index (χ2v) is 7.01.